The van der Waals surface area contributed by atoms with Gasteiger partial charge in [-0.15, -0.1) is 0 Å². The van der Waals surface area contributed by atoms with Crippen LogP contribution in [0.4, 0.5) is 0 Å². The predicted molar refractivity (Wildman–Crippen MR) is 84.7 cm³/mol. The Morgan fingerprint density at radius 2 is 2.09 bits per heavy atom. The van der Waals surface area contributed by atoms with Crippen LogP contribution in [-0.4, -0.2) is 33.9 Å². The summed E-state index contributed by atoms with van der Waals surface area (Å²) >= 11 is 0. The van der Waals surface area contributed by atoms with E-state index in [1.54, 1.807) is 13.0 Å². The smallest absolute Gasteiger partial charge is 0.251 e. The fourth-order valence-electron chi connectivity index (χ4n) is 3.85. The second-order valence-corrected chi connectivity index (χ2v) is 6.79. The van der Waals surface area contributed by atoms with Gasteiger partial charge in [0.15, 0.2) is 0 Å². The minimum absolute atomic E-state index is 0.100. The molecule has 1 amide bonds. The van der Waals surface area contributed by atoms with Gasteiger partial charge in [-0.25, -0.2) is 4.98 Å². The zero-order chi connectivity index (χ0) is 15.5. The van der Waals surface area contributed by atoms with E-state index in [-0.39, 0.29) is 17.4 Å². The molecule has 1 N–H and O–H groups in total. The van der Waals surface area contributed by atoms with E-state index in [2.05, 4.69) is 9.97 Å². The number of nitrogens with zero attached hydrogens (tertiary/aromatic N) is 2. The molecule has 1 aromatic heterocycles. The highest BCUT2D eigenvalue weighted by Gasteiger charge is 2.28. The zero-order valence-corrected chi connectivity index (χ0v) is 13.3. The number of H-pyrrole nitrogens is 1. The first-order valence-electron chi connectivity index (χ1n) is 8.47. The fraction of sp³-hybridized carbons (Fsp3) is 0.706. The molecule has 1 saturated carbocycles. The van der Waals surface area contributed by atoms with E-state index >= 15 is 0 Å². The maximum atomic E-state index is 12.5. The molecule has 1 aromatic rings. The number of aromatic amines is 1. The Balaban J connectivity index is 1.65. The average Bonchev–Trinajstić information content (AvgIpc) is 2.99. The van der Waals surface area contributed by atoms with Gasteiger partial charge < -0.3 is 9.88 Å². The minimum atomic E-state index is -0.100. The van der Waals surface area contributed by atoms with Crippen molar-refractivity contribution in [2.45, 2.75) is 57.8 Å². The molecule has 0 spiro atoms. The highest BCUT2D eigenvalue weighted by Crippen LogP contribution is 2.30. The highest BCUT2D eigenvalue weighted by molar-refractivity contribution is 5.76. The van der Waals surface area contributed by atoms with E-state index in [0.29, 0.717) is 24.7 Å². The number of rotatable bonds is 3. The van der Waals surface area contributed by atoms with Gasteiger partial charge in [0.2, 0.25) is 5.91 Å². The van der Waals surface area contributed by atoms with E-state index in [9.17, 15) is 9.59 Å². The van der Waals surface area contributed by atoms with Crippen molar-refractivity contribution in [3.05, 3.63) is 27.9 Å². The number of amides is 1. The van der Waals surface area contributed by atoms with Gasteiger partial charge in [0.1, 0.15) is 5.82 Å². The predicted octanol–water partition coefficient (Wildman–Crippen LogP) is 2.36. The van der Waals surface area contributed by atoms with Crippen molar-refractivity contribution in [2.75, 3.05) is 13.1 Å². The van der Waals surface area contributed by atoms with Gasteiger partial charge in [-0.2, -0.15) is 0 Å². The van der Waals surface area contributed by atoms with Gasteiger partial charge in [-0.1, -0.05) is 12.8 Å². The molecular weight excluding hydrogens is 278 g/mol. The third-order valence-corrected chi connectivity index (χ3v) is 5.01. The number of piperidine rings is 1. The second kappa shape index (κ2) is 6.63. The molecule has 0 radical (unpaired) electrons. The molecule has 0 aromatic carbocycles. The highest BCUT2D eigenvalue weighted by atomic mass is 16.2. The lowest BCUT2D eigenvalue weighted by molar-refractivity contribution is -0.133. The summed E-state index contributed by atoms with van der Waals surface area (Å²) in [6.07, 6.45) is 7.66. The van der Waals surface area contributed by atoms with Crippen LogP contribution in [0.15, 0.2) is 10.9 Å². The van der Waals surface area contributed by atoms with Crippen LogP contribution < -0.4 is 5.56 Å². The Labute approximate surface area is 131 Å². The van der Waals surface area contributed by atoms with E-state index in [1.165, 1.54) is 25.7 Å². The Kier molecular flexibility index (Phi) is 4.60. The average molecular weight is 303 g/mol. The first-order chi connectivity index (χ1) is 10.6. The van der Waals surface area contributed by atoms with E-state index in [0.717, 1.165) is 25.1 Å². The standard InChI is InChI=1S/C17H25N3O2/c1-12-18-15(10-16(21)19-12)14-7-4-8-20(11-14)17(22)9-13-5-2-3-6-13/h10,13-14H,2-9,11H2,1H3,(H,18,19,21). The maximum absolute atomic E-state index is 12.5. The van der Waals surface area contributed by atoms with Crippen molar-refractivity contribution in [2.24, 2.45) is 5.92 Å². The Morgan fingerprint density at radius 1 is 1.32 bits per heavy atom. The van der Waals surface area contributed by atoms with Crippen molar-refractivity contribution in [3.63, 3.8) is 0 Å². The van der Waals surface area contributed by atoms with Crippen molar-refractivity contribution in [3.8, 4) is 0 Å². The summed E-state index contributed by atoms with van der Waals surface area (Å²) in [7, 11) is 0. The molecule has 2 heterocycles. The lowest BCUT2D eigenvalue weighted by atomic mass is 9.93. The largest absolute Gasteiger partial charge is 0.342 e. The van der Waals surface area contributed by atoms with Gasteiger partial charge in [-0.3, -0.25) is 9.59 Å². The first kappa shape index (κ1) is 15.3. The van der Waals surface area contributed by atoms with Crippen molar-refractivity contribution in [1.29, 1.82) is 0 Å². The fourth-order valence-corrected chi connectivity index (χ4v) is 3.85. The Morgan fingerprint density at radius 3 is 2.82 bits per heavy atom. The number of likely N-dealkylation sites (tertiary alicyclic amines) is 1. The molecule has 1 atom stereocenters. The number of nitrogens with one attached hydrogen (secondary N) is 1. The third-order valence-electron chi connectivity index (χ3n) is 5.01. The molecule has 120 valence electrons. The molecule has 1 aliphatic heterocycles. The van der Waals surface area contributed by atoms with Crippen LogP contribution in [0.25, 0.3) is 0 Å². The van der Waals surface area contributed by atoms with Crippen molar-refractivity contribution >= 4 is 5.91 Å². The first-order valence-corrected chi connectivity index (χ1v) is 8.47. The van der Waals surface area contributed by atoms with Crippen LogP contribution in [-0.2, 0) is 4.79 Å². The number of aromatic nitrogens is 2. The number of carbonyl (C=O) groups excluding carboxylic acids is 1. The molecular formula is C17H25N3O2. The van der Waals surface area contributed by atoms with Crippen LogP contribution >= 0.6 is 0 Å². The number of aryl methyl sites for hydroxylation is 1. The van der Waals surface area contributed by atoms with Crippen LogP contribution in [0.1, 0.15) is 62.4 Å². The van der Waals surface area contributed by atoms with Gasteiger partial charge >= 0.3 is 0 Å². The van der Waals surface area contributed by atoms with E-state index in [1.807, 2.05) is 4.90 Å². The summed E-state index contributed by atoms with van der Waals surface area (Å²) in [5, 5.41) is 0. The molecule has 1 aliphatic carbocycles. The van der Waals surface area contributed by atoms with Crippen molar-refractivity contribution < 1.29 is 4.79 Å². The maximum Gasteiger partial charge on any atom is 0.251 e. The summed E-state index contributed by atoms with van der Waals surface area (Å²) in [6.45, 7) is 3.36. The number of carbonyl (C=O) groups is 1. The van der Waals surface area contributed by atoms with Gasteiger partial charge in [0.25, 0.3) is 5.56 Å². The van der Waals surface area contributed by atoms with Crippen molar-refractivity contribution in [1.82, 2.24) is 14.9 Å². The summed E-state index contributed by atoms with van der Waals surface area (Å²) in [5.74, 6) is 1.73. The van der Waals surface area contributed by atoms with E-state index < -0.39 is 0 Å². The molecule has 2 aliphatic rings. The summed E-state index contributed by atoms with van der Waals surface area (Å²) in [5.41, 5.74) is 0.733. The van der Waals surface area contributed by atoms with Crippen LogP contribution in [0, 0.1) is 12.8 Å². The summed E-state index contributed by atoms with van der Waals surface area (Å²) < 4.78 is 0. The minimum Gasteiger partial charge on any atom is -0.342 e. The van der Waals surface area contributed by atoms with Gasteiger partial charge in [-0.05, 0) is 38.5 Å². The normalized spacial score (nSPS) is 23.0. The molecule has 22 heavy (non-hydrogen) atoms. The molecule has 0 bridgehead atoms. The SMILES string of the molecule is Cc1nc(C2CCCN(C(=O)CC3CCCC3)C2)cc(=O)[nH]1. The van der Waals surface area contributed by atoms with Crippen LogP contribution in [0.3, 0.4) is 0 Å². The van der Waals surface area contributed by atoms with Crippen LogP contribution in [0.5, 0.6) is 0 Å². The molecule has 1 unspecified atom stereocenters. The summed E-state index contributed by atoms with van der Waals surface area (Å²) in [4.78, 5) is 33.3. The molecule has 1 saturated heterocycles. The Bertz CT molecular complexity index is 590. The lowest BCUT2D eigenvalue weighted by Crippen LogP contribution is -2.40. The molecule has 2 fully saturated rings. The quantitative estimate of drug-likeness (QED) is 0.932. The number of hydrogen-bond donors (Lipinski definition) is 1. The second-order valence-electron chi connectivity index (χ2n) is 6.79. The Hall–Kier alpha value is -1.65. The topological polar surface area (TPSA) is 66.1 Å². The monoisotopic (exact) mass is 303 g/mol. The lowest BCUT2D eigenvalue weighted by Gasteiger charge is -2.33. The zero-order valence-electron chi connectivity index (χ0n) is 13.3. The molecule has 5 nitrogen and oxygen atoms in total. The summed E-state index contributed by atoms with van der Waals surface area (Å²) in [6, 6.07) is 1.59. The van der Waals surface area contributed by atoms with E-state index in [4.69, 9.17) is 0 Å². The molecule has 5 heteroatoms. The van der Waals surface area contributed by atoms with Gasteiger partial charge in [0, 0.05) is 31.5 Å². The van der Waals surface area contributed by atoms with Gasteiger partial charge in [0.05, 0.1) is 5.69 Å². The van der Waals surface area contributed by atoms with Crippen LogP contribution in [0.2, 0.25) is 0 Å². The third kappa shape index (κ3) is 3.57. The number of hydrogen-bond acceptors (Lipinski definition) is 3. The molecule has 3 rings (SSSR count).